The summed E-state index contributed by atoms with van der Waals surface area (Å²) in [6.07, 6.45) is 0.0979. The van der Waals surface area contributed by atoms with Gasteiger partial charge >= 0.3 is 0 Å². The maximum atomic E-state index is 12.7. The number of hydrogen-bond donors (Lipinski definition) is 2. The summed E-state index contributed by atoms with van der Waals surface area (Å²) in [7, 11) is 1.55. The minimum atomic E-state index is -0.455. The fraction of sp³-hybridized carbons (Fsp3) is 0.130. The molecule has 0 heterocycles. The van der Waals surface area contributed by atoms with Crippen LogP contribution in [0.5, 0.6) is 5.75 Å². The topological polar surface area (TPSA) is 67.4 Å². The van der Waals surface area contributed by atoms with Crippen molar-refractivity contribution < 1.29 is 14.3 Å². The van der Waals surface area contributed by atoms with Gasteiger partial charge in [-0.3, -0.25) is 9.59 Å². The molecular weight excluding hydrogens is 352 g/mol. The van der Waals surface area contributed by atoms with Gasteiger partial charge in [0, 0.05) is 5.56 Å². The van der Waals surface area contributed by atoms with Crippen LogP contribution in [-0.2, 0) is 4.79 Å². The van der Waals surface area contributed by atoms with Crippen LogP contribution < -0.4 is 15.4 Å². The molecule has 3 aromatic carbocycles. The summed E-state index contributed by atoms with van der Waals surface area (Å²) in [6, 6.07) is 25.2. The zero-order chi connectivity index (χ0) is 19.8. The predicted molar refractivity (Wildman–Crippen MR) is 109 cm³/mol. The number of hydrogen-bond acceptors (Lipinski definition) is 3. The van der Waals surface area contributed by atoms with Crippen LogP contribution in [0.1, 0.15) is 28.4 Å². The maximum absolute atomic E-state index is 12.7. The summed E-state index contributed by atoms with van der Waals surface area (Å²) in [6.45, 7) is 0. The Morgan fingerprint density at radius 2 is 1.46 bits per heavy atom. The van der Waals surface area contributed by atoms with Gasteiger partial charge in [-0.05, 0) is 29.8 Å². The average molecular weight is 374 g/mol. The van der Waals surface area contributed by atoms with Crippen LogP contribution >= 0.6 is 0 Å². The molecule has 28 heavy (non-hydrogen) atoms. The number of carbonyl (C=O) groups excluding carboxylic acids is 2. The van der Waals surface area contributed by atoms with Gasteiger partial charge in [0.1, 0.15) is 5.75 Å². The minimum absolute atomic E-state index is 0.0979. The number of benzene rings is 3. The van der Waals surface area contributed by atoms with Gasteiger partial charge in [0.05, 0.1) is 25.3 Å². The van der Waals surface area contributed by atoms with Gasteiger partial charge in [-0.25, -0.2) is 0 Å². The second-order valence-corrected chi connectivity index (χ2v) is 6.26. The highest BCUT2D eigenvalue weighted by molar-refractivity contribution is 5.96. The number of nitrogens with one attached hydrogen (secondary N) is 2. The zero-order valence-electron chi connectivity index (χ0n) is 15.6. The SMILES string of the molecule is COc1ccccc1NC(=O)CC(NC(=O)c1ccccc1)c1ccccc1. The molecule has 0 spiro atoms. The van der Waals surface area contributed by atoms with Gasteiger partial charge in [-0.1, -0.05) is 60.7 Å². The molecule has 2 amide bonds. The monoisotopic (exact) mass is 374 g/mol. The van der Waals surface area contributed by atoms with E-state index in [1.54, 1.807) is 43.5 Å². The standard InChI is InChI=1S/C23H22N2O3/c1-28-21-15-9-8-14-19(21)24-22(26)16-20(17-10-4-2-5-11-17)25-23(27)18-12-6-3-7-13-18/h2-15,20H,16H2,1H3,(H,24,26)(H,25,27). The lowest BCUT2D eigenvalue weighted by molar-refractivity contribution is -0.116. The molecule has 5 nitrogen and oxygen atoms in total. The largest absolute Gasteiger partial charge is 0.495 e. The first-order chi connectivity index (χ1) is 13.7. The third-order valence-electron chi connectivity index (χ3n) is 4.31. The first-order valence-electron chi connectivity index (χ1n) is 9.01. The fourth-order valence-corrected chi connectivity index (χ4v) is 2.90. The van der Waals surface area contributed by atoms with Crippen LogP contribution in [-0.4, -0.2) is 18.9 Å². The van der Waals surface area contributed by atoms with Crippen LogP contribution in [0.25, 0.3) is 0 Å². The molecule has 1 atom stereocenters. The Morgan fingerprint density at radius 3 is 2.14 bits per heavy atom. The van der Waals surface area contributed by atoms with Crippen molar-refractivity contribution in [2.45, 2.75) is 12.5 Å². The van der Waals surface area contributed by atoms with Crippen LogP contribution in [0, 0.1) is 0 Å². The van der Waals surface area contributed by atoms with E-state index in [0.717, 1.165) is 5.56 Å². The Morgan fingerprint density at radius 1 is 0.857 bits per heavy atom. The number of methoxy groups -OCH3 is 1. The van der Waals surface area contributed by atoms with E-state index >= 15 is 0 Å². The molecule has 0 aliphatic carbocycles. The molecular formula is C23H22N2O3. The number of carbonyl (C=O) groups is 2. The Kier molecular flexibility index (Phi) is 6.41. The van der Waals surface area contributed by atoms with Crippen LogP contribution in [0.2, 0.25) is 0 Å². The molecule has 3 rings (SSSR count). The van der Waals surface area contributed by atoms with Gasteiger partial charge in [-0.15, -0.1) is 0 Å². The van der Waals surface area contributed by atoms with E-state index in [0.29, 0.717) is 17.0 Å². The van der Waals surface area contributed by atoms with E-state index in [2.05, 4.69) is 10.6 Å². The highest BCUT2D eigenvalue weighted by Gasteiger charge is 2.20. The van der Waals surface area contributed by atoms with Crippen molar-refractivity contribution in [1.29, 1.82) is 0 Å². The van der Waals surface area contributed by atoms with Crippen molar-refractivity contribution in [1.82, 2.24) is 5.32 Å². The van der Waals surface area contributed by atoms with Crippen molar-refractivity contribution in [2.75, 3.05) is 12.4 Å². The highest BCUT2D eigenvalue weighted by Crippen LogP contribution is 2.24. The van der Waals surface area contributed by atoms with Gasteiger partial charge in [-0.2, -0.15) is 0 Å². The maximum Gasteiger partial charge on any atom is 0.251 e. The number of amides is 2. The van der Waals surface area contributed by atoms with E-state index in [1.165, 1.54) is 0 Å². The summed E-state index contributed by atoms with van der Waals surface area (Å²) < 4.78 is 5.27. The Hall–Kier alpha value is -3.60. The molecule has 0 aromatic heterocycles. The minimum Gasteiger partial charge on any atom is -0.495 e. The molecule has 0 saturated carbocycles. The number of anilines is 1. The van der Waals surface area contributed by atoms with E-state index in [1.807, 2.05) is 48.5 Å². The second kappa shape index (κ2) is 9.37. The van der Waals surface area contributed by atoms with Gasteiger partial charge in [0.2, 0.25) is 5.91 Å². The Labute approximate surface area is 164 Å². The van der Waals surface area contributed by atoms with Crippen molar-refractivity contribution >= 4 is 17.5 Å². The second-order valence-electron chi connectivity index (χ2n) is 6.26. The smallest absolute Gasteiger partial charge is 0.251 e. The summed E-state index contributed by atoms with van der Waals surface area (Å²) in [4.78, 5) is 25.3. The molecule has 0 saturated heterocycles. The molecule has 1 unspecified atom stereocenters. The number of ether oxygens (including phenoxy) is 1. The molecule has 142 valence electrons. The van der Waals surface area contributed by atoms with E-state index < -0.39 is 6.04 Å². The van der Waals surface area contributed by atoms with Crippen LogP contribution in [0.3, 0.4) is 0 Å². The molecule has 3 aromatic rings. The molecule has 0 aliphatic rings. The number of para-hydroxylation sites is 2. The Balaban J connectivity index is 1.76. The normalized spacial score (nSPS) is 11.3. The fourth-order valence-electron chi connectivity index (χ4n) is 2.90. The zero-order valence-corrected chi connectivity index (χ0v) is 15.6. The van der Waals surface area contributed by atoms with Gasteiger partial charge in [0.15, 0.2) is 0 Å². The van der Waals surface area contributed by atoms with Crippen molar-refractivity contribution in [3.8, 4) is 5.75 Å². The van der Waals surface area contributed by atoms with E-state index in [9.17, 15) is 9.59 Å². The van der Waals surface area contributed by atoms with Crippen LogP contribution in [0.15, 0.2) is 84.9 Å². The van der Waals surface area contributed by atoms with Crippen LogP contribution in [0.4, 0.5) is 5.69 Å². The summed E-state index contributed by atoms with van der Waals surface area (Å²) in [5.74, 6) is 0.145. The molecule has 0 radical (unpaired) electrons. The van der Waals surface area contributed by atoms with E-state index in [-0.39, 0.29) is 18.2 Å². The van der Waals surface area contributed by atoms with Crippen molar-refractivity contribution in [3.05, 3.63) is 96.1 Å². The van der Waals surface area contributed by atoms with E-state index in [4.69, 9.17) is 4.74 Å². The lowest BCUT2D eigenvalue weighted by Crippen LogP contribution is -2.31. The molecule has 0 aliphatic heterocycles. The summed E-state index contributed by atoms with van der Waals surface area (Å²) in [5, 5.41) is 5.82. The van der Waals surface area contributed by atoms with Gasteiger partial charge in [0.25, 0.3) is 5.91 Å². The third-order valence-corrected chi connectivity index (χ3v) is 4.31. The van der Waals surface area contributed by atoms with Crippen molar-refractivity contribution in [2.24, 2.45) is 0 Å². The average Bonchev–Trinajstić information content (AvgIpc) is 2.75. The first kappa shape index (κ1) is 19.2. The molecule has 5 heteroatoms. The lowest BCUT2D eigenvalue weighted by Gasteiger charge is -2.19. The molecule has 2 N–H and O–H groups in total. The van der Waals surface area contributed by atoms with Crippen molar-refractivity contribution in [3.63, 3.8) is 0 Å². The molecule has 0 fully saturated rings. The number of rotatable bonds is 7. The summed E-state index contributed by atoms with van der Waals surface area (Å²) in [5.41, 5.74) is 2.01. The predicted octanol–water partition coefficient (Wildman–Crippen LogP) is 4.20. The third kappa shape index (κ3) is 4.98. The summed E-state index contributed by atoms with van der Waals surface area (Å²) >= 11 is 0. The molecule has 0 bridgehead atoms. The van der Waals surface area contributed by atoms with Gasteiger partial charge < -0.3 is 15.4 Å². The Bertz CT molecular complexity index is 927. The quantitative estimate of drug-likeness (QED) is 0.651. The lowest BCUT2D eigenvalue weighted by atomic mass is 10.0. The highest BCUT2D eigenvalue weighted by atomic mass is 16.5. The first-order valence-corrected chi connectivity index (χ1v) is 9.01.